The first-order valence-corrected chi connectivity index (χ1v) is 19.4. The van der Waals surface area contributed by atoms with Crippen LogP contribution >= 0.6 is 0 Å². The summed E-state index contributed by atoms with van der Waals surface area (Å²) in [7, 11) is 0. The minimum Gasteiger partial charge on any atom is -0.310 e. The first-order valence-electron chi connectivity index (χ1n) is 19.4. The number of benzene rings is 6. The zero-order valence-corrected chi connectivity index (χ0v) is 32.8. The van der Waals surface area contributed by atoms with Crippen LogP contribution in [0.2, 0.25) is 0 Å². The van der Waals surface area contributed by atoms with Crippen molar-refractivity contribution in [2.75, 3.05) is 4.90 Å². The molecule has 0 amide bonds. The summed E-state index contributed by atoms with van der Waals surface area (Å²) in [6.07, 6.45) is 16.3. The van der Waals surface area contributed by atoms with Gasteiger partial charge in [-0.2, -0.15) is 0 Å². The fourth-order valence-corrected chi connectivity index (χ4v) is 8.11. The summed E-state index contributed by atoms with van der Waals surface area (Å²) in [5.74, 6) is 0.239. The third-order valence-corrected chi connectivity index (χ3v) is 11.4. The van der Waals surface area contributed by atoms with Crippen LogP contribution in [0.15, 0.2) is 182 Å². The van der Waals surface area contributed by atoms with Crippen molar-refractivity contribution in [1.29, 1.82) is 0 Å². The maximum Gasteiger partial charge on any atom is 0.0540 e. The molecule has 0 radical (unpaired) electrons. The maximum atomic E-state index is 2.53. The molecule has 268 valence electrons. The van der Waals surface area contributed by atoms with Crippen molar-refractivity contribution in [3.05, 3.63) is 193 Å². The van der Waals surface area contributed by atoms with Crippen LogP contribution in [0.4, 0.5) is 11.4 Å². The zero-order chi connectivity index (χ0) is 37.7. The van der Waals surface area contributed by atoms with Gasteiger partial charge >= 0.3 is 0 Å². The minimum atomic E-state index is -0.0637. The van der Waals surface area contributed by atoms with Gasteiger partial charge in [-0.1, -0.05) is 206 Å². The predicted octanol–water partition coefficient (Wildman–Crippen LogP) is 14.8. The minimum absolute atomic E-state index is 0.00198. The van der Waals surface area contributed by atoms with Crippen LogP contribution in [0.3, 0.4) is 0 Å². The molecule has 0 saturated heterocycles. The maximum absolute atomic E-state index is 2.53. The molecule has 8 rings (SSSR count). The molecule has 0 aromatic heterocycles. The molecule has 2 atom stereocenters. The first-order chi connectivity index (χ1) is 25.9. The van der Waals surface area contributed by atoms with Crippen molar-refractivity contribution < 1.29 is 0 Å². The lowest BCUT2D eigenvalue weighted by Gasteiger charge is -2.38. The summed E-state index contributed by atoms with van der Waals surface area (Å²) in [6, 6.07) is 49.5. The molecule has 2 unspecified atom stereocenters. The Hall–Kier alpha value is -5.66. The van der Waals surface area contributed by atoms with E-state index in [0.717, 1.165) is 11.4 Å². The van der Waals surface area contributed by atoms with Crippen molar-refractivity contribution in [3.63, 3.8) is 0 Å². The Labute approximate surface area is 322 Å². The van der Waals surface area contributed by atoms with Crippen LogP contribution in [0.1, 0.15) is 59.6 Å². The van der Waals surface area contributed by atoms with E-state index in [0.29, 0.717) is 0 Å². The molecule has 2 aliphatic carbocycles. The molecule has 0 spiro atoms. The zero-order valence-electron chi connectivity index (χ0n) is 32.8. The van der Waals surface area contributed by atoms with Crippen molar-refractivity contribution in [2.24, 2.45) is 11.3 Å². The summed E-state index contributed by atoms with van der Waals surface area (Å²) in [5.41, 5.74) is 13.5. The Kier molecular flexibility index (Phi) is 8.93. The predicted molar refractivity (Wildman–Crippen MR) is 233 cm³/mol. The lowest BCUT2D eigenvalue weighted by atomic mass is 9.71. The molecule has 6 aromatic rings. The third-order valence-electron chi connectivity index (χ3n) is 11.4. The number of rotatable bonds is 6. The van der Waals surface area contributed by atoms with Gasteiger partial charge in [0.05, 0.1) is 11.4 Å². The Morgan fingerprint density at radius 3 is 1.76 bits per heavy atom. The molecule has 6 aromatic carbocycles. The van der Waals surface area contributed by atoms with Gasteiger partial charge in [-0.05, 0) is 73.2 Å². The fraction of sp³-hybridized carbons (Fsp3) is 0.208. The van der Waals surface area contributed by atoms with E-state index in [1.54, 1.807) is 0 Å². The average Bonchev–Trinajstić information content (AvgIpc) is 3.17. The number of anilines is 2. The fourth-order valence-electron chi connectivity index (χ4n) is 8.11. The quantitative estimate of drug-likeness (QED) is 0.167. The van der Waals surface area contributed by atoms with Gasteiger partial charge < -0.3 is 4.90 Å². The summed E-state index contributed by atoms with van der Waals surface area (Å²) in [4.78, 5) is 2.53. The smallest absolute Gasteiger partial charge is 0.0540 e. The Bertz CT molecular complexity index is 2440. The summed E-state index contributed by atoms with van der Waals surface area (Å²) < 4.78 is 0. The largest absolute Gasteiger partial charge is 0.310 e. The van der Waals surface area contributed by atoms with Crippen molar-refractivity contribution in [3.8, 4) is 33.4 Å². The van der Waals surface area contributed by atoms with Gasteiger partial charge in [-0.15, -0.1) is 0 Å². The van der Waals surface area contributed by atoms with E-state index in [9.17, 15) is 0 Å². The highest BCUT2D eigenvalue weighted by Crippen LogP contribution is 2.49. The molecule has 0 saturated carbocycles. The number of hydrogen-bond acceptors (Lipinski definition) is 1. The SMILES string of the molecule is CC(C)(C)c1cc(-c2ccccc2N(C2=CC3C=CC=CC3(C)C=C2)c2ccccc2-c2cccc3cccc(-c4ccccc4)c23)cc(C(C)(C)C)c1. The molecule has 0 heterocycles. The third kappa shape index (κ3) is 6.58. The van der Waals surface area contributed by atoms with Crippen LogP contribution in [-0.2, 0) is 10.8 Å². The van der Waals surface area contributed by atoms with Crippen LogP contribution < -0.4 is 4.90 Å². The second-order valence-corrected chi connectivity index (χ2v) is 17.3. The highest BCUT2D eigenvalue weighted by atomic mass is 15.2. The van der Waals surface area contributed by atoms with Gasteiger partial charge in [-0.25, -0.2) is 0 Å². The average molecular weight is 702 g/mol. The Morgan fingerprint density at radius 2 is 1.09 bits per heavy atom. The van der Waals surface area contributed by atoms with Crippen LogP contribution in [0.25, 0.3) is 44.2 Å². The molecule has 54 heavy (non-hydrogen) atoms. The summed E-state index contributed by atoms with van der Waals surface area (Å²) in [6.45, 7) is 16.3. The van der Waals surface area contributed by atoms with Gasteiger partial charge in [0.2, 0.25) is 0 Å². The Balaban J connectivity index is 1.41. The molecule has 2 aliphatic rings. The second-order valence-electron chi connectivity index (χ2n) is 17.3. The molecular formula is C53H51N. The van der Waals surface area contributed by atoms with Gasteiger partial charge in [0.25, 0.3) is 0 Å². The lowest BCUT2D eigenvalue weighted by molar-refractivity contribution is 0.449. The highest BCUT2D eigenvalue weighted by Gasteiger charge is 2.33. The number of para-hydroxylation sites is 2. The van der Waals surface area contributed by atoms with E-state index >= 15 is 0 Å². The van der Waals surface area contributed by atoms with E-state index in [2.05, 4.69) is 229 Å². The Morgan fingerprint density at radius 1 is 0.519 bits per heavy atom. The molecular weight excluding hydrogens is 651 g/mol. The normalized spacial score (nSPS) is 18.1. The van der Waals surface area contributed by atoms with E-state index < -0.39 is 0 Å². The lowest BCUT2D eigenvalue weighted by Crippen LogP contribution is -2.28. The van der Waals surface area contributed by atoms with E-state index in [4.69, 9.17) is 0 Å². The first kappa shape index (κ1) is 35.4. The number of allylic oxidation sites excluding steroid dienone is 7. The molecule has 1 heteroatoms. The monoisotopic (exact) mass is 701 g/mol. The number of hydrogen-bond donors (Lipinski definition) is 0. The van der Waals surface area contributed by atoms with Gasteiger partial charge in [0, 0.05) is 28.2 Å². The van der Waals surface area contributed by atoms with Crippen molar-refractivity contribution in [2.45, 2.75) is 59.3 Å². The molecule has 0 N–H and O–H groups in total. The van der Waals surface area contributed by atoms with Crippen molar-refractivity contribution >= 4 is 22.1 Å². The van der Waals surface area contributed by atoms with E-state index in [1.807, 2.05) is 0 Å². The van der Waals surface area contributed by atoms with Gasteiger partial charge in [0.15, 0.2) is 0 Å². The molecule has 0 bridgehead atoms. The summed E-state index contributed by atoms with van der Waals surface area (Å²) in [5, 5.41) is 2.50. The number of fused-ring (bicyclic) bond motifs is 2. The molecule has 0 aliphatic heterocycles. The summed E-state index contributed by atoms with van der Waals surface area (Å²) >= 11 is 0. The van der Waals surface area contributed by atoms with Gasteiger partial charge in [0.1, 0.15) is 0 Å². The molecule has 1 nitrogen and oxygen atoms in total. The van der Waals surface area contributed by atoms with E-state index in [1.165, 1.54) is 61.0 Å². The van der Waals surface area contributed by atoms with Crippen molar-refractivity contribution in [1.82, 2.24) is 0 Å². The van der Waals surface area contributed by atoms with Crippen LogP contribution in [0.5, 0.6) is 0 Å². The topological polar surface area (TPSA) is 3.24 Å². The second kappa shape index (κ2) is 13.6. The van der Waals surface area contributed by atoms with Crippen LogP contribution in [-0.4, -0.2) is 0 Å². The number of nitrogens with zero attached hydrogens (tertiary/aromatic N) is 1. The van der Waals surface area contributed by atoms with E-state index in [-0.39, 0.29) is 22.2 Å². The highest BCUT2D eigenvalue weighted by molar-refractivity contribution is 6.08. The molecule has 0 fully saturated rings. The van der Waals surface area contributed by atoms with Gasteiger partial charge in [-0.3, -0.25) is 0 Å². The van der Waals surface area contributed by atoms with Crippen LogP contribution in [0, 0.1) is 11.3 Å². The standard InChI is InChI=1S/C53H51N/c1-51(2,3)41-33-39(34-42(35-41)52(4,5)6)44-24-11-13-28-48(44)54(43-30-32-53(7)31-16-15-23-40(53)36-43)49-29-14-12-25-46(49)47-27-18-22-38-21-17-26-45(50(38)47)37-19-9-8-10-20-37/h8-36,40H,1-7H3.